The lowest BCUT2D eigenvalue weighted by molar-refractivity contribution is 0.0949. The molecule has 1 aromatic carbocycles. The predicted molar refractivity (Wildman–Crippen MR) is 115 cm³/mol. The highest BCUT2D eigenvalue weighted by Gasteiger charge is 2.29. The molecule has 160 valence electrons. The zero-order valence-corrected chi connectivity index (χ0v) is 17.7. The van der Waals surface area contributed by atoms with Crippen LogP contribution in [0.3, 0.4) is 0 Å². The van der Waals surface area contributed by atoms with E-state index in [9.17, 15) is 9.18 Å². The van der Waals surface area contributed by atoms with Gasteiger partial charge in [0.2, 0.25) is 0 Å². The van der Waals surface area contributed by atoms with Crippen LogP contribution < -0.4 is 5.32 Å². The van der Waals surface area contributed by atoms with Crippen LogP contribution in [0.5, 0.6) is 0 Å². The van der Waals surface area contributed by atoms with Crippen molar-refractivity contribution in [3.8, 4) is 0 Å². The molecule has 1 aliphatic carbocycles. The van der Waals surface area contributed by atoms with Gasteiger partial charge in [0.05, 0.1) is 11.3 Å². The molecule has 0 unspecified atom stereocenters. The van der Waals surface area contributed by atoms with E-state index in [0.29, 0.717) is 23.7 Å². The second-order valence-corrected chi connectivity index (χ2v) is 8.66. The van der Waals surface area contributed by atoms with Crippen LogP contribution in [0.25, 0.3) is 0 Å². The van der Waals surface area contributed by atoms with E-state index < -0.39 is 0 Å². The van der Waals surface area contributed by atoms with Crippen molar-refractivity contribution in [2.24, 2.45) is 0 Å². The number of amides is 1. The summed E-state index contributed by atoms with van der Waals surface area (Å²) in [7, 11) is 0. The molecule has 6 heteroatoms. The number of benzene rings is 1. The zero-order valence-electron chi connectivity index (χ0n) is 17.7. The highest BCUT2D eigenvalue weighted by molar-refractivity contribution is 5.94. The van der Waals surface area contributed by atoms with Crippen molar-refractivity contribution in [3.05, 3.63) is 58.9 Å². The molecule has 1 amide bonds. The number of halogens is 1. The van der Waals surface area contributed by atoms with E-state index in [1.54, 1.807) is 18.3 Å². The fourth-order valence-corrected chi connectivity index (χ4v) is 4.78. The van der Waals surface area contributed by atoms with Gasteiger partial charge in [-0.1, -0.05) is 31.4 Å². The molecule has 1 saturated heterocycles. The molecule has 1 aromatic heterocycles. The lowest BCUT2D eigenvalue weighted by atomic mass is 9.90. The molecule has 0 spiro atoms. The number of rotatable bonds is 5. The van der Waals surface area contributed by atoms with Gasteiger partial charge in [0.15, 0.2) is 0 Å². The summed E-state index contributed by atoms with van der Waals surface area (Å²) in [5, 5.41) is 2.87. The Bertz CT molecular complexity index is 864. The Morgan fingerprint density at radius 3 is 2.63 bits per heavy atom. The Balaban J connectivity index is 1.38. The van der Waals surface area contributed by atoms with Gasteiger partial charge in [-0.25, -0.2) is 14.4 Å². The minimum absolute atomic E-state index is 0.198. The molecule has 1 saturated carbocycles. The molecule has 0 bridgehead atoms. The maximum Gasteiger partial charge on any atom is 0.254 e. The van der Waals surface area contributed by atoms with Crippen LogP contribution in [0.2, 0.25) is 0 Å². The van der Waals surface area contributed by atoms with Gasteiger partial charge >= 0.3 is 0 Å². The van der Waals surface area contributed by atoms with E-state index in [1.165, 1.54) is 57.2 Å². The van der Waals surface area contributed by atoms with Crippen LogP contribution in [0.4, 0.5) is 4.39 Å². The molecule has 1 atom stereocenters. The lowest BCUT2D eigenvalue weighted by Crippen LogP contribution is -2.43. The van der Waals surface area contributed by atoms with Crippen molar-refractivity contribution in [2.45, 2.75) is 70.4 Å². The number of likely N-dealkylation sites (tertiary alicyclic amines) is 1. The van der Waals surface area contributed by atoms with Gasteiger partial charge in [-0.2, -0.15) is 0 Å². The number of carbonyl (C=O) groups excluding carboxylic acids is 1. The van der Waals surface area contributed by atoms with Gasteiger partial charge in [-0.05, 0) is 56.8 Å². The summed E-state index contributed by atoms with van der Waals surface area (Å²) in [6.07, 6.45) is 10.7. The molecule has 1 aliphatic heterocycles. The van der Waals surface area contributed by atoms with Crippen molar-refractivity contribution in [1.82, 2.24) is 20.2 Å². The number of nitrogens with one attached hydrogen (secondary N) is 1. The summed E-state index contributed by atoms with van der Waals surface area (Å²) in [6, 6.07) is 6.85. The first kappa shape index (κ1) is 20.9. The van der Waals surface area contributed by atoms with Gasteiger partial charge in [0.1, 0.15) is 11.6 Å². The van der Waals surface area contributed by atoms with Gasteiger partial charge in [0.25, 0.3) is 5.91 Å². The third-order valence-electron chi connectivity index (χ3n) is 6.52. The summed E-state index contributed by atoms with van der Waals surface area (Å²) < 4.78 is 13.0. The Morgan fingerprint density at radius 2 is 1.90 bits per heavy atom. The number of hydrogen-bond donors (Lipinski definition) is 1. The summed E-state index contributed by atoms with van der Waals surface area (Å²) in [6.45, 7) is 4.43. The van der Waals surface area contributed by atoms with Crippen molar-refractivity contribution in [3.63, 3.8) is 0 Å². The lowest BCUT2D eigenvalue weighted by Gasteiger charge is -2.39. The van der Waals surface area contributed by atoms with Crippen molar-refractivity contribution in [2.75, 3.05) is 13.1 Å². The van der Waals surface area contributed by atoms with Crippen LogP contribution in [-0.2, 0) is 6.54 Å². The zero-order chi connectivity index (χ0) is 20.9. The molecule has 0 radical (unpaired) electrons. The molecule has 30 heavy (non-hydrogen) atoms. The first-order chi connectivity index (χ1) is 14.6. The van der Waals surface area contributed by atoms with Crippen LogP contribution >= 0.6 is 0 Å². The SMILES string of the molecule is Cc1nc([C@@H]2CCCN(C3CCCCC3)C2)ncc1C(=O)NCc1ccc(F)cc1. The predicted octanol–water partition coefficient (Wildman–Crippen LogP) is 4.37. The Labute approximate surface area is 178 Å². The van der Waals surface area contributed by atoms with E-state index >= 15 is 0 Å². The highest BCUT2D eigenvalue weighted by atomic mass is 19.1. The van der Waals surface area contributed by atoms with Crippen LogP contribution in [0.15, 0.2) is 30.5 Å². The Hall–Kier alpha value is -2.34. The average Bonchev–Trinajstić information content (AvgIpc) is 2.79. The third kappa shape index (κ3) is 5.04. The maximum atomic E-state index is 13.0. The first-order valence-electron chi connectivity index (χ1n) is 11.2. The molecule has 2 aliphatic rings. The van der Waals surface area contributed by atoms with E-state index in [4.69, 9.17) is 4.98 Å². The van der Waals surface area contributed by atoms with Crippen molar-refractivity contribution < 1.29 is 9.18 Å². The number of piperidine rings is 1. The molecule has 2 heterocycles. The second kappa shape index (κ2) is 9.65. The number of nitrogens with zero attached hydrogens (tertiary/aromatic N) is 3. The second-order valence-electron chi connectivity index (χ2n) is 8.66. The number of carbonyl (C=O) groups is 1. The van der Waals surface area contributed by atoms with Gasteiger partial charge in [0, 0.05) is 31.2 Å². The number of aryl methyl sites for hydroxylation is 1. The minimum atomic E-state index is -0.283. The highest BCUT2D eigenvalue weighted by Crippen LogP contribution is 2.30. The summed E-state index contributed by atoms with van der Waals surface area (Å²) in [5.74, 6) is 0.726. The third-order valence-corrected chi connectivity index (χ3v) is 6.52. The summed E-state index contributed by atoms with van der Waals surface area (Å²) >= 11 is 0. The van der Waals surface area contributed by atoms with Gasteiger partial charge < -0.3 is 5.32 Å². The standard InChI is InChI=1S/C24H31FN4O/c1-17-22(24(30)27-14-18-9-11-20(25)12-10-18)15-26-23(28-17)19-6-5-13-29(16-19)21-7-3-2-4-8-21/h9-12,15,19,21H,2-8,13-14,16H2,1H3,(H,27,30)/t19-/m1/s1. The van der Waals surface area contributed by atoms with E-state index in [2.05, 4.69) is 15.2 Å². The molecule has 2 aromatic rings. The Morgan fingerprint density at radius 1 is 1.13 bits per heavy atom. The number of hydrogen-bond acceptors (Lipinski definition) is 4. The fourth-order valence-electron chi connectivity index (χ4n) is 4.78. The van der Waals surface area contributed by atoms with E-state index in [0.717, 1.165) is 30.4 Å². The molecule has 1 N–H and O–H groups in total. The van der Waals surface area contributed by atoms with Crippen molar-refractivity contribution in [1.29, 1.82) is 0 Å². The quantitative estimate of drug-likeness (QED) is 0.795. The molecular formula is C24H31FN4O. The largest absolute Gasteiger partial charge is 0.348 e. The molecule has 4 rings (SSSR count). The normalized spacial score (nSPS) is 20.8. The average molecular weight is 411 g/mol. The van der Waals surface area contributed by atoms with Crippen LogP contribution in [-0.4, -0.2) is 39.9 Å². The fraction of sp³-hybridized carbons (Fsp3) is 0.542. The molecule has 2 fully saturated rings. The van der Waals surface area contributed by atoms with Crippen LogP contribution in [0.1, 0.15) is 78.3 Å². The van der Waals surface area contributed by atoms with Gasteiger partial charge in [-0.3, -0.25) is 9.69 Å². The van der Waals surface area contributed by atoms with Gasteiger partial charge in [-0.15, -0.1) is 0 Å². The van der Waals surface area contributed by atoms with Crippen molar-refractivity contribution >= 4 is 5.91 Å². The monoisotopic (exact) mass is 410 g/mol. The minimum Gasteiger partial charge on any atom is -0.348 e. The summed E-state index contributed by atoms with van der Waals surface area (Å²) in [5.41, 5.74) is 2.07. The maximum absolute atomic E-state index is 13.0. The molecule has 5 nitrogen and oxygen atoms in total. The topological polar surface area (TPSA) is 58.1 Å². The summed E-state index contributed by atoms with van der Waals surface area (Å²) in [4.78, 5) is 24.5. The number of aromatic nitrogens is 2. The van der Waals surface area contributed by atoms with E-state index in [-0.39, 0.29) is 11.7 Å². The molecular weight excluding hydrogens is 379 g/mol. The first-order valence-corrected chi connectivity index (χ1v) is 11.2. The smallest absolute Gasteiger partial charge is 0.254 e. The van der Waals surface area contributed by atoms with E-state index in [1.807, 2.05) is 6.92 Å². The Kier molecular flexibility index (Phi) is 6.72. The van der Waals surface area contributed by atoms with Crippen LogP contribution in [0, 0.1) is 12.7 Å².